The van der Waals surface area contributed by atoms with Gasteiger partial charge in [0.05, 0.1) is 4.88 Å². The molecule has 8 rings (SSSR count). The number of allylic oxidation sites excluding steroid dienone is 9. The number of unbranched alkanes of at least 4 members (excludes halogenated alkanes) is 4. The minimum atomic E-state index is -0.00495. The Morgan fingerprint density at radius 1 is 0.661 bits per heavy atom. The molecule has 0 aliphatic heterocycles. The van der Waals surface area contributed by atoms with Crippen LogP contribution in [0.5, 0.6) is 0 Å². The summed E-state index contributed by atoms with van der Waals surface area (Å²) in [7, 11) is 0. The maximum Gasteiger partial charge on any atom is 0.160 e. The van der Waals surface area contributed by atoms with Gasteiger partial charge in [-0.25, -0.2) is 0 Å². The number of fused-ring (bicyclic) bond motifs is 3. The van der Waals surface area contributed by atoms with Crippen LogP contribution < -0.4 is 4.90 Å². The van der Waals surface area contributed by atoms with Gasteiger partial charge in [-0.2, -0.15) is 0 Å². The van der Waals surface area contributed by atoms with Gasteiger partial charge in [-0.15, -0.1) is 22.7 Å². The summed E-state index contributed by atoms with van der Waals surface area (Å²) < 4.78 is 0. The molecule has 3 aromatic carbocycles. The van der Waals surface area contributed by atoms with Crippen molar-refractivity contribution in [3.63, 3.8) is 0 Å². The first kappa shape index (κ1) is 43.6. The summed E-state index contributed by atoms with van der Waals surface area (Å²) in [6, 6.07) is 35.9. The van der Waals surface area contributed by atoms with E-state index < -0.39 is 0 Å². The predicted octanol–water partition coefficient (Wildman–Crippen LogP) is 17.5. The van der Waals surface area contributed by atoms with E-state index in [1.54, 1.807) is 22.7 Å². The third-order valence-corrected chi connectivity index (χ3v) is 16.1. The van der Waals surface area contributed by atoms with Crippen molar-refractivity contribution in [1.82, 2.24) is 0 Å². The maximum atomic E-state index is 11.4. The van der Waals surface area contributed by atoms with Crippen LogP contribution in [0.25, 0.3) is 31.3 Å². The van der Waals surface area contributed by atoms with Crippen molar-refractivity contribution in [2.24, 2.45) is 0 Å². The minimum absolute atomic E-state index is 0.00334. The summed E-state index contributed by atoms with van der Waals surface area (Å²) in [6.07, 6.45) is 30.3. The molecule has 0 spiro atoms. The van der Waals surface area contributed by atoms with Gasteiger partial charge >= 0.3 is 0 Å². The van der Waals surface area contributed by atoms with E-state index >= 15 is 0 Å². The molecule has 0 saturated heterocycles. The van der Waals surface area contributed by atoms with Crippen LogP contribution in [0.4, 0.5) is 5.69 Å². The number of rotatable bonds is 19. The fraction of sp³-hybridized carbons (Fsp3) is 0.328. The molecule has 0 unspecified atom stereocenters. The summed E-state index contributed by atoms with van der Waals surface area (Å²) in [5.41, 5.74) is 14.8. The molecule has 2 aromatic heterocycles. The second-order valence-corrected chi connectivity index (χ2v) is 19.7. The smallest absolute Gasteiger partial charge is 0.160 e. The van der Waals surface area contributed by atoms with Gasteiger partial charge in [-0.3, -0.25) is 4.79 Å². The van der Waals surface area contributed by atoms with E-state index in [0.717, 1.165) is 53.8 Å². The average Bonchev–Trinajstić information content (AvgIpc) is 4.06. The van der Waals surface area contributed by atoms with E-state index in [1.165, 1.54) is 117 Å². The zero-order valence-electron chi connectivity index (χ0n) is 37.4. The monoisotopic (exact) mass is 853 g/mol. The highest BCUT2D eigenvalue weighted by Crippen LogP contribution is 2.56. The highest BCUT2D eigenvalue weighted by molar-refractivity contribution is 7.24. The van der Waals surface area contributed by atoms with Crippen LogP contribution in [0.15, 0.2) is 157 Å². The minimum Gasteiger partial charge on any atom is -0.321 e. The molecular formula is C58H63NOS2. The third kappa shape index (κ3) is 8.29. The third-order valence-electron chi connectivity index (χ3n) is 13.8. The van der Waals surface area contributed by atoms with Gasteiger partial charge in [0.15, 0.2) is 6.29 Å². The van der Waals surface area contributed by atoms with Crippen molar-refractivity contribution >= 4 is 45.8 Å². The van der Waals surface area contributed by atoms with Gasteiger partial charge in [0.1, 0.15) is 0 Å². The van der Waals surface area contributed by atoms with Crippen molar-refractivity contribution in [2.75, 3.05) is 4.90 Å². The van der Waals surface area contributed by atoms with Crippen LogP contribution in [0.2, 0.25) is 0 Å². The molecule has 0 radical (unpaired) electrons. The highest BCUT2D eigenvalue weighted by Gasteiger charge is 2.44. The molecule has 0 bridgehead atoms. The van der Waals surface area contributed by atoms with Gasteiger partial charge in [0.2, 0.25) is 0 Å². The van der Waals surface area contributed by atoms with Crippen LogP contribution in [-0.4, -0.2) is 6.29 Å². The molecule has 3 aliphatic rings. The SMILES string of the molecule is C=C1/C(=C\C=C\N(C2=CC3=C(C=CC2)c2ccccc2C3(CCCC)CCCC)c2ccc(-c3ccc(-c4ccc(C=O)s4)s3)cc2)c2ccccc2C1(CCCC)CCCC. The quantitative estimate of drug-likeness (QED) is 0.0771. The Hall–Kier alpha value is -5.03. The molecule has 2 nitrogen and oxygen atoms in total. The number of nitrogens with zero attached hydrogens (tertiary/aromatic N) is 1. The first-order chi connectivity index (χ1) is 30.4. The number of hydrogen-bond donors (Lipinski definition) is 0. The number of anilines is 1. The molecule has 62 heavy (non-hydrogen) atoms. The first-order valence-corrected chi connectivity index (χ1v) is 25.0. The normalized spacial score (nSPS) is 16.7. The second-order valence-electron chi connectivity index (χ2n) is 17.5. The lowest BCUT2D eigenvalue weighted by atomic mass is 9.69. The van der Waals surface area contributed by atoms with Gasteiger partial charge in [0, 0.05) is 49.5 Å². The molecule has 0 atom stereocenters. The zero-order chi connectivity index (χ0) is 43.1. The molecular weight excluding hydrogens is 791 g/mol. The fourth-order valence-corrected chi connectivity index (χ4v) is 12.4. The van der Waals surface area contributed by atoms with E-state index in [1.807, 2.05) is 6.07 Å². The standard InChI is InChI=1S/C58H63NOS2/c1-6-10-35-57(36-11-7-2)42(5)47(48-21-14-16-25-51(48)57)24-19-39-59(44-29-27-43(28-30-44)54-33-34-56(62-54)55-32-31-46(41-60)61-55)45-20-18-23-50-49-22-15-17-26-52(49)58(37-12-8-3,38-13-9-4)53(50)40-45/h14-19,21-34,39-41H,5-13,20,35-38H2,1-4H3/b39-19+,47-24+. The molecule has 4 heteroatoms. The van der Waals surface area contributed by atoms with E-state index in [-0.39, 0.29) is 10.8 Å². The summed E-state index contributed by atoms with van der Waals surface area (Å²) in [5.74, 6) is 0. The van der Waals surface area contributed by atoms with Crippen molar-refractivity contribution in [1.29, 1.82) is 0 Å². The number of carbonyl (C=O) groups excluding carboxylic acids is 1. The summed E-state index contributed by atoms with van der Waals surface area (Å²) in [5, 5.41) is 0. The van der Waals surface area contributed by atoms with E-state index in [9.17, 15) is 4.79 Å². The van der Waals surface area contributed by atoms with E-state index in [0.29, 0.717) is 0 Å². The summed E-state index contributed by atoms with van der Waals surface area (Å²) in [6.45, 7) is 14.2. The number of hydrogen-bond acceptors (Lipinski definition) is 4. The largest absolute Gasteiger partial charge is 0.321 e. The van der Waals surface area contributed by atoms with Gasteiger partial charge in [0.25, 0.3) is 0 Å². The maximum absolute atomic E-state index is 11.4. The first-order valence-electron chi connectivity index (χ1n) is 23.4. The van der Waals surface area contributed by atoms with Gasteiger partial charge in [-0.05, 0) is 124 Å². The topological polar surface area (TPSA) is 20.3 Å². The molecule has 2 heterocycles. The van der Waals surface area contributed by atoms with Crippen molar-refractivity contribution in [3.05, 3.63) is 184 Å². The Morgan fingerprint density at radius 2 is 1.24 bits per heavy atom. The molecule has 3 aliphatic carbocycles. The molecule has 0 N–H and O–H groups in total. The Bertz CT molecular complexity index is 2530. The lowest BCUT2D eigenvalue weighted by Crippen LogP contribution is -2.27. The Labute approximate surface area is 379 Å². The van der Waals surface area contributed by atoms with Crippen LogP contribution >= 0.6 is 22.7 Å². The molecule has 0 amide bonds. The second kappa shape index (κ2) is 19.6. The van der Waals surface area contributed by atoms with Crippen molar-refractivity contribution in [2.45, 2.75) is 122 Å². The van der Waals surface area contributed by atoms with Crippen LogP contribution in [0.1, 0.15) is 143 Å². The van der Waals surface area contributed by atoms with Crippen LogP contribution in [-0.2, 0) is 10.8 Å². The average molecular weight is 854 g/mol. The van der Waals surface area contributed by atoms with Gasteiger partial charge < -0.3 is 4.90 Å². The molecule has 318 valence electrons. The molecule has 0 fully saturated rings. The predicted molar refractivity (Wildman–Crippen MR) is 270 cm³/mol. The lowest BCUT2D eigenvalue weighted by Gasteiger charge is -2.34. The van der Waals surface area contributed by atoms with Gasteiger partial charge in [-0.1, -0.05) is 165 Å². The summed E-state index contributed by atoms with van der Waals surface area (Å²) in [4.78, 5) is 18.2. The van der Waals surface area contributed by atoms with Crippen LogP contribution in [0, 0.1) is 0 Å². The van der Waals surface area contributed by atoms with E-state index in [2.05, 4.69) is 160 Å². The van der Waals surface area contributed by atoms with Crippen molar-refractivity contribution < 1.29 is 4.79 Å². The van der Waals surface area contributed by atoms with E-state index in [4.69, 9.17) is 6.58 Å². The zero-order valence-corrected chi connectivity index (χ0v) is 39.0. The number of carbonyl (C=O) groups is 1. The Kier molecular flexibility index (Phi) is 13.8. The number of thiophene rings is 2. The number of benzene rings is 3. The van der Waals surface area contributed by atoms with Crippen molar-refractivity contribution in [3.8, 4) is 20.2 Å². The summed E-state index contributed by atoms with van der Waals surface area (Å²) >= 11 is 3.33. The molecule has 0 saturated carbocycles. The Morgan fingerprint density at radius 3 is 1.89 bits per heavy atom. The number of aldehydes is 1. The lowest BCUT2D eigenvalue weighted by molar-refractivity contribution is 0.112. The fourth-order valence-electron chi connectivity index (χ4n) is 10.5. The van der Waals surface area contributed by atoms with Crippen LogP contribution in [0.3, 0.4) is 0 Å². The molecule has 5 aromatic rings. The highest BCUT2D eigenvalue weighted by atomic mass is 32.1. The Balaban J connectivity index is 1.22.